The number of aromatic amines is 1. The first-order valence-electron chi connectivity index (χ1n) is 5.23. The summed E-state index contributed by atoms with van der Waals surface area (Å²) in [4.78, 5) is 0. The van der Waals surface area contributed by atoms with E-state index in [2.05, 4.69) is 10.2 Å². The highest BCUT2D eigenvalue weighted by Gasteiger charge is 2.12. The summed E-state index contributed by atoms with van der Waals surface area (Å²) in [6, 6.07) is 11.8. The number of nitrogens with one attached hydrogen (secondary N) is 1. The van der Waals surface area contributed by atoms with E-state index in [1.165, 1.54) is 0 Å². The average Bonchev–Trinajstić information content (AvgIpc) is 2.73. The molecule has 0 amide bonds. The lowest BCUT2D eigenvalue weighted by molar-refractivity contribution is 0.205. The molecule has 2 aromatic rings. The monoisotopic (exact) mass is 217 g/mol. The standard InChI is InChI=1S/C12H15N3O/c1-9-7-12(15-14-9)16-11(8-13)10-5-3-2-4-6-10/h2-7,11H,8,13H2,1H3,(H,14,15). The number of benzene rings is 1. The van der Waals surface area contributed by atoms with E-state index in [0.717, 1.165) is 11.3 Å². The maximum atomic E-state index is 5.70. The second-order valence-corrected chi connectivity index (χ2v) is 3.64. The van der Waals surface area contributed by atoms with Gasteiger partial charge in [-0.25, -0.2) is 0 Å². The summed E-state index contributed by atoms with van der Waals surface area (Å²) in [6.45, 7) is 2.36. The number of aryl methyl sites for hydroxylation is 1. The van der Waals surface area contributed by atoms with Gasteiger partial charge in [0, 0.05) is 18.3 Å². The van der Waals surface area contributed by atoms with Crippen molar-refractivity contribution in [3.63, 3.8) is 0 Å². The molecule has 3 N–H and O–H groups in total. The van der Waals surface area contributed by atoms with Gasteiger partial charge in [0.2, 0.25) is 5.88 Å². The molecular weight excluding hydrogens is 202 g/mol. The van der Waals surface area contributed by atoms with Crippen LogP contribution >= 0.6 is 0 Å². The van der Waals surface area contributed by atoms with Crippen LogP contribution in [0.3, 0.4) is 0 Å². The molecule has 1 aromatic heterocycles. The van der Waals surface area contributed by atoms with Crippen LogP contribution in [0.5, 0.6) is 5.88 Å². The Morgan fingerprint density at radius 1 is 1.38 bits per heavy atom. The highest BCUT2D eigenvalue weighted by atomic mass is 16.5. The normalized spacial score (nSPS) is 12.4. The van der Waals surface area contributed by atoms with Crippen LogP contribution in [0.1, 0.15) is 17.4 Å². The second-order valence-electron chi connectivity index (χ2n) is 3.64. The molecule has 1 heterocycles. The summed E-state index contributed by atoms with van der Waals surface area (Å²) in [6.07, 6.45) is -0.149. The first-order chi connectivity index (χ1) is 7.79. The van der Waals surface area contributed by atoms with Crippen molar-refractivity contribution in [3.8, 4) is 5.88 Å². The van der Waals surface area contributed by atoms with Crippen LogP contribution < -0.4 is 10.5 Å². The van der Waals surface area contributed by atoms with E-state index in [1.807, 2.05) is 43.3 Å². The predicted molar refractivity (Wildman–Crippen MR) is 62.2 cm³/mol. The molecule has 0 aliphatic carbocycles. The predicted octanol–water partition coefficient (Wildman–Crippen LogP) is 1.80. The highest BCUT2D eigenvalue weighted by Crippen LogP contribution is 2.19. The van der Waals surface area contributed by atoms with Gasteiger partial charge in [0.05, 0.1) is 0 Å². The van der Waals surface area contributed by atoms with Crippen molar-refractivity contribution in [2.45, 2.75) is 13.0 Å². The number of nitrogens with zero attached hydrogens (tertiary/aromatic N) is 1. The molecule has 2 rings (SSSR count). The lowest BCUT2D eigenvalue weighted by Gasteiger charge is -2.15. The third-order valence-corrected chi connectivity index (χ3v) is 2.33. The molecule has 1 unspecified atom stereocenters. The molecule has 0 aliphatic rings. The summed E-state index contributed by atoms with van der Waals surface area (Å²) in [7, 11) is 0. The van der Waals surface area contributed by atoms with Crippen molar-refractivity contribution in [2.75, 3.05) is 6.54 Å². The fraction of sp³-hybridized carbons (Fsp3) is 0.250. The molecule has 16 heavy (non-hydrogen) atoms. The molecular formula is C12H15N3O. The molecule has 0 saturated heterocycles. The Labute approximate surface area is 94.4 Å². The van der Waals surface area contributed by atoms with E-state index in [0.29, 0.717) is 12.4 Å². The summed E-state index contributed by atoms with van der Waals surface area (Å²) >= 11 is 0. The second kappa shape index (κ2) is 4.81. The molecule has 0 fully saturated rings. The number of aromatic nitrogens is 2. The molecule has 0 aliphatic heterocycles. The third-order valence-electron chi connectivity index (χ3n) is 2.33. The van der Waals surface area contributed by atoms with Gasteiger partial charge in [0.25, 0.3) is 0 Å². The largest absolute Gasteiger partial charge is 0.467 e. The minimum atomic E-state index is -0.149. The minimum Gasteiger partial charge on any atom is -0.467 e. The lowest BCUT2D eigenvalue weighted by Crippen LogP contribution is -2.18. The van der Waals surface area contributed by atoms with Gasteiger partial charge in [-0.1, -0.05) is 30.3 Å². The van der Waals surface area contributed by atoms with Gasteiger partial charge < -0.3 is 10.5 Å². The molecule has 4 heteroatoms. The SMILES string of the molecule is Cc1cc(OC(CN)c2ccccc2)n[nH]1. The fourth-order valence-corrected chi connectivity index (χ4v) is 1.52. The molecule has 0 saturated carbocycles. The van der Waals surface area contributed by atoms with Gasteiger partial charge in [-0.15, -0.1) is 5.10 Å². The minimum absolute atomic E-state index is 0.149. The van der Waals surface area contributed by atoms with Crippen molar-refractivity contribution >= 4 is 0 Å². The van der Waals surface area contributed by atoms with Gasteiger partial charge in [0.1, 0.15) is 6.10 Å². The summed E-state index contributed by atoms with van der Waals surface area (Å²) < 4.78 is 5.70. The third kappa shape index (κ3) is 2.41. The van der Waals surface area contributed by atoms with E-state index >= 15 is 0 Å². The van der Waals surface area contributed by atoms with Crippen LogP contribution in [0.2, 0.25) is 0 Å². The van der Waals surface area contributed by atoms with Gasteiger partial charge in [-0.3, -0.25) is 5.10 Å². The molecule has 1 aromatic carbocycles. The molecule has 0 bridgehead atoms. The molecule has 0 radical (unpaired) electrons. The van der Waals surface area contributed by atoms with Crippen LogP contribution in [0.25, 0.3) is 0 Å². The lowest BCUT2D eigenvalue weighted by atomic mass is 10.1. The Kier molecular flexibility index (Phi) is 3.22. The van der Waals surface area contributed by atoms with Crippen LogP contribution in [0.4, 0.5) is 0 Å². The Hall–Kier alpha value is -1.81. The van der Waals surface area contributed by atoms with Crippen LogP contribution in [0, 0.1) is 6.92 Å². The Balaban J connectivity index is 2.12. The zero-order chi connectivity index (χ0) is 11.4. The first-order valence-corrected chi connectivity index (χ1v) is 5.23. The van der Waals surface area contributed by atoms with Gasteiger partial charge in [0.15, 0.2) is 0 Å². The molecule has 4 nitrogen and oxygen atoms in total. The quantitative estimate of drug-likeness (QED) is 0.820. The van der Waals surface area contributed by atoms with Crippen molar-refractivity contribution in [1.82, 2.24) is 10.2 Å². The van der Waals surface area contributed by atoms with Crippen molar-refractivity contribution in [1.29, 1.82) is 0 Å². The highest BCUT2D eigenvalue weighted by molar-refractivity contribution is 5.20. The van der Waals surface area contributed by atoms with Gasteiger partial charge >= 0.3 is 0 Å². The van der Waals surface area contributed by atoms with Crippen LogP contribution in [0.15, 0.2) is 36.4 Å². The Bertz CT molecular complexity index is 439. The van der Waals surface area contributed by atoms with Gasteiger partial charge in [-0.05, 0) is 12.5 Å². The van der Waals surface area contributed by atoms with Crippen molar-refractivity contribution in [3.05, 3.63) is 47.7 Å². The number of rotatable bonds is 4. The summed E-state index contributed by atoms with van der Waals surface area (Å²) in [5, 5.41) is 6.86. The van der Waals surface area contributed by atoms with Crippen molar-refractivity contribution < 1.29 is 4.74 Å². The molecule has 1 atom stereocenters. The van der Waals surface area contributed by atoms with E-state index in [1.54, 1.807) is 0 Å². The topological polar surface area (TPSA) is 63.9 Å². The maximum Gasteiger partial charge on any atom is 0.233 e. The number of hydrogen-bond donors (Lipinski definition) is 2. The zero-order valence-corrected chi connectivity index (χ0v) is 9.18. The Morgan fingerprint density at radius 2 is 2.12 bits per heavy atom. The first kappa shape index (κ1) is 10.7. The smallest absolute Gasteiger partial charge is 0.233 e. The van der Waals surface area contributed by atoms with E-state index < -0.39 is 0 Å². The fourth-order valence-electron chi connectivity index (χ4n) is 1.52. The maximum absolute atomic E-state index is 5.70. The van der Waals surface area contributed by atoms with Crippen molar-refractivity contribution in [2.24, 2.45) is 5.73 Å². The van der Waals surface area contributed by atoms with Crippen LogP contribution in [-0.2, 0) is 0 Å². The summed E-state index contributed by atoms with van der Waals surface area (Å²) in [5.41, 5.74) is 7.73. The zero-order valence-electron chi connectivity index (χ0n) is 9.18. The number of ether oxygens (including phenoxy) is 1. The average molecular weight is 217 g/mol. The van der Waals surface area contributed by atoms with Crippen LogP contribution in [-0.4, -0.2) is 16.7 Å². The number of nitrogens with two attached hydrogens (primary N) is 1. The Morgan fingerprint density at radius 3 is 2.69 bits per heavy atom. The molecule has 84 valence electrons. The number of H-pyrrole nitrogens is 1. The van der Waals surface area contributed by atoms with E-state index in [4.69, 9.17) is 10.5 Å². The number of hydrogen-bond acceptors (Lipinski definition) is 3. The summed E-state index contributed by atoms with van der Waals surface area (Å²) in [5.74, 6) is 0.580. The van der Waals surface area contributed by atoms with E-state index in [9.17, 15) is 0 Å². The van der Waals surface area contributed by atoms with Gasteiger partial charge in [-0.2, -0.15) is 0 Å². The molecule has 0 spiro atoms. The van der Waals surface area contributed by atoms with E-state index in [-0.39, 0.29) is 6.10 Å².